The molecule has 3 aromatic carbocycles. The lowest BCUT2D eigenvalue weighted by atomic mass is 9.98. The smallest absolute Gasteiger partial charge is 0.407 e. The summed E-state index contributed by atoms with van der Waals surface area (Å²) in [5.41, 5.74) is 7.08. The second kappa shape index (κ2) is 8.88. The van der Waals surface area contributed by atoms with Gasteiger partial charge in [-0.1, -0.05) is 86.4 Å². The molecular formula is C27H25NO2. The first-order chi connectivity index (χ1) is 14.6. The van der Waals surface area contributed by atoms with Gasteiger partial charge in [-0.2, -0.15) is 0 Å². The lowest BCUT2D eigenvalue weighted by Gasteiger charge is -2.14. The van der Waals surface area contributed by atoms with Gasteiger partial charge in [0.25, 0.3) is 0 Å². The van der Waals surface area contributed by atoms with Crippen LogP contribution in [0, 0.1) is 11.8 Å². The van der Waals surface area contributed by atoms with Crippen LogP contribution >= 0.6 is 0 Å². The van der Waals surface area contributed by atoms with E-state index in [1.807, 2.05) is 36.4 Å². The zero-order valence-corrected chi connectivity index (χ0v) is 17.3. The molecule has 0 unspecified atom stereocenters. The highest BCUT2D eigenvalue weighted by Gasteiger charge is 2.28. The normalized spacial score (nSPS) is 12.0. The summed E-state index contributed by atoms with van der Waals surface area (Å²) in [4.78, 5) is 12.2. The molecule has 1 N–H and O–H groups in total. The molecule has 0 bridgehead atoms. The molecule has 0 heterocycles. The standard InChI is InChI=1S/C27H25NO2/c1-19(2)21-15-13-20(14-16-21)8-7-17-28-27(29)30-18-26-24-11-5-3-9-22(24)23-10-4-6-12-25(23)26/h3-6,9-16,19,26H,17-18H2,1-2H3,(H,28,29). The molecule has 0 fully saturated rings. The second-order valence-corrected chi connectivity index (χ2v) is 7.76. The van der Waals surface area contributed by atoms with Crippen molar-refractivity contribution >= 4 is 6.09 Å². The van der Waals surface area contributed by atoms with E-state index in [2.05, 4.69) is 67.4 Å². The number of hydrogen-bond acceptors (Lipinski definition) is 2. The van der Waals surface area contributed by atoms with Crippen molar-refractivity contribution in [1.29, 1.82) is 0 Å². The maximum Gasteiger partial charge on any atom is 0.407 e. The van der Waals surface area contributed by atoms with Crippen molar-refractivity contribution in [3.8, 4) is 23.0 Å². The lowest BCUT2D eigenvalue weighted by molar-refractivity contribution is 0.144. The van der Waals surface area contributed by atoms with Crippen LogP contribution in [0.4, 0.5) is 4.79 Å². The van der Waals surface area contributed by atoms with E-state index in [9.17, 15) is 4.79 Å². The molecule has 150 valence electrons. The average molecular weight is 396 g/mol. The molecule has 3 heteroatoms. The second-order valence-electron chi connectivity index (χ2n) is 7.76. The minimum atomic E-state index is -0.443. The van der Waals surface area contributed by atoms with Crippen LogP contribution in [0.2, 0.25) is 0 Å². The number of rotatable bonds is 4. The number of ether oxygens (including phenoxy) is 1. The Bertz CT molecular complexity index is 1060. The highest BCUT2D eigenvalue weighted by atomic mass is 16.5. The lowest BCUT2D eigenvalue weighted by Crippen LogP contribution is -2.26. The monoisotopic (exact) mass is 395 g/mol. The maximum absolute atomic E-state index is 12.2. The highest BCUT2D eigenvalue weighted by molar-refractivity contribution is 5.79. The van der Waals surface area contributed by atoms with Crippen molar-refractivity contribution in [2.45, 2.75) is 25.7 Å². The van der Waals surface area contributed by atoms with E-state index in [1.54, 1.807) is 0 Å². The zero-order valence-electron chi connectivity index (χ0n) is 17.3. The van der Waals surface area contributed by atoms with Gasteiger partial charge in [-0.3, -0.25) is 0 Å². The van der Waals surface area contributed by atoms with E-state index in [-0.39, 0.29) is 12.5 Å². The molecule has 30 heavy (non-hydrogen) atoms. The molecule has 0 saturated heterocycles. The molecule has 0 aliphatic heterocycles. The summed E-state index contributed by atoms with van der Waals surface area (Å²) < 4.78 is 5.52. The topological polar surface area (TPSA) is 38.3 Å². The van der Waals surface area contributed by atoms with E-state index >= 15 is 0 Å². The Labute approximate surface area is 178 Å². The van der Waals surface area contributed by atoms with Crippen molar-refractivity contribution in [3.05, 3.63) is 95.1 Å². The van der Waals surface area contributed by atoms with Crippen molar-refractivity contribution in [1.82, 2.24) is 5.32 Å². The van der Waals surface area contributed by atoms with E-state index in [0.717, 1.165) is 5.56 Å². The molecule has 1 aliphatic rings. The van der Waals surface area contributed by atoms with Gasteiger partial charge in [-0.05, 0) is 45.9 Å². The SMILES string of the molecule is CC(C)c1ccc(C#CCNC(=O)OCC2c3ccccc3-c3ccccc32)cc1. The largest absolute Gasteiger partial charge is 0.449 e. The highest BCUT2D eigenvalue weighted by Crippen LogP contribution is 2.44. The molecule has 3 nitrogen and oxygen atoms in total. The molecule has 0 spiro atoms. The Morgan fingerprint density at radius 1 is 0.933 bits per heavy atom. The molecule has 0 radical (unpaired) electrons. The van der Waals surface area contributed by atoms with E-state index in [4.69, 9.17) is 4.74 Å². The quantitative estimate of drug-likeness (QED) is 0.576. The van der Waals surface area contributed by atoms with Gasteiger partial charge in [0.2, 0.25) is 0 Å². The van der Waals surface area contributed by atoms with Crippen LogP contribution in [0.3, 0.4) is 0 Å². The number of nitrogens with one attached hydrogen (secondary N) is 1. The third-order valence-electron chi connectivity index (χ3n) is 5.47. The predicted octanol–water partition coefficient (Wildman–Crippen LogP) is 5.70. The van der Waals surface area contributed by atoms with Crippen LogP contribution in [0.25, 0.3) is 11.1 Å². The van der Waals surface area contributed by atoms with Gasteiger partial charge in [0.15, 0.2) is 0 Å². The third-order valence-corrected chi connectivity index (χ3v) is 5.47. The summed E-state index contributed by atoms with van der Waals surface area (Å²) >= 11 is 0. The maximum atomic E-state index is 12.2. The van der Waals surface area contributed by atoms with Gasteiger partial charge in [-0.15, -0.1) is 0 Å². The number of amides is 1. The summed E-state index contributed by atoms with van der Waals surface area (Å²) in [6.07, 6.45) is -0.443. The van der Waals surface area contributed by atoms with Gasteiger partial charge in [0.05, 0.1) is 6.54 Å². The van der Waals surface area contributed by atoms with Crippen molar-refractivity contribution < 1.29 is 9.53 Å². The Balaban J connectivity index is 1.32. The number of carbonyl (C=O) groups excluding carboxylic acids is 1. The van der Waals surface area contributed by atoms with E-state index in [1.165, 1.54) is 27.8 Å². The van der Waals surface area contributed by atoms with Crippen LogP contribution in [-0.2, 0) is 4.74 Å². The molecule has 1 aliphatic carbocycles. The summed E-state index contributed by atoms with van der Waals surface area (Å²) in [5.74, 6) is 6.61. The first kappa shape index (κ1) is 19.8. The number of benzene rings is 3. The summed E-state index contributed by atoms with van der Waals surface area (Å²) in [7, 11) is 0. The summed E-state index contributed by atoms with van der Waals surface area (Å²) in [6.45, 7) is 4.89. The Morgan fingerprint density at radius 2 is 1.53 bits per heavy atom. The van der Waals surface area contributed by atoms with Crippen molar-refractivity contribution in [2.75, 3.05) is 13.2 Å². The molecule has 0 saturated carbocycles. The fourth-order valence-electron chi connectivity index (χ4n) is 3.86. The Morgan fingerprint density at radius 3 is 2.13 bits per heavy atom. The van der Waals surface area contributed by atoms with Crippen molar-refractivity contribution in [3.63, 3.8) is 0 Å². The Kier molecular flexibility index (Phi) is 5.86. The minimum absolute atomic E-state index is 0.0636. The Hall–Kier alpha value is -3.51. The van der Waals surface area contributed by atoms with Crippen LogP contribution in [0.5, 0.6) is 0 Å². The molecule has 1 amide bonds. The molecular weight excluding hydrogens is 370 g/mol. The van der Waals surface area contributed by atoms with Gasteiger partial charge >= 0.3 is 6.09 Å². The summed E-state index contributed by atoms with van der Waals surface area (Å²) in [6, 6.07) is 24.8. The zero-order chi connectivity index (χ0) is 20.9. The first-order valence-corrected chi connectivity index (χ1v) is 10.3. The summed E-state index contributed by atoms with van der Waals surface area (Å²) in [5, 5.41) is 2.72. The van der Waals surface area contributed by atoms with Gasteiger partial charge < -0.3 is 10.1 Å². The molecule has 0 atom stereocenters. The molecule has 3 aromatic rings. The van der Waals surface area contributed by atoms with Gasteiger partial charge in [-0.25, -0.2) is 4.79 Å². The van der Waals surface area contributed by atoms with Crippen LogP contribution in [0.1, 0.15) is 47.9 Å². The first-order valence-electron chi connectivity index (χ1n) is 10.3. The predicted molar refractivity (Wildman–Crippen MR) is 120 cm³/mol. The number of fused-ring (bicyclic) bond motifs is 3. The third kappa shape index (κ3) is 4.23. The minimum Gasteiger partial charge on any atom is -0.449 e. The fraction of sp³-hybridized carbons (Fsp3) is 0.222. The van der Waals surface area contributed by atoms with Gasteiger partial charge in [0.1, 0.15) is 6.61 Å². The van der Waals surface area contributed by atoms with E-state index in [0.29, 0.717) is 12.5 Å². The average Bonchev–Trinajstić information content (AvgIpc) is 3.09. The molecule has 0 aromatic heterocycles. The number of carbonyl (C=O) groups is 1. The van der Waals surface area contributed by atoms with Gasteiger partial charge in [0, 0.05) is 11.5 Å². The van der Waals surface area contributed by atoms with Crippen LogP contribution in [-0.4, -0.2) is 19.2 Å². The fourth-order valence-corrected chi connectivity index (χ4v) is 3.86. The van der Waals surface area contributed by atoms with Crippen LogP contribution in [0.15, 0.2) is 72.8 Å². The number of hydrogen-bond donors (Lipinski definition) is 1. The van der Waals surface area contributed by atoms with E-state index < -0.39 is 6.09 Å². The number of alkyl carbamates (subject to hydrolysis) is 1. The van der Waals surface area contributed by atoms with Crippen LogP contribution < -0.4 is 5.32 Å². The van der Waals surface area contributed by atoms with Crippen molar-refractivity contribution in [2.24, 2.45) is 0 Å². The molecule has 4 rings (SSSR count).